The molecule has 0 saturated heterocycles. The molecule has 0 fully saturated rings. The van der Waals surface area contributed by atoms with Gasteiger partial charge >= 0.3 is 0 Å². The molecule has 6 heteroatoms. The standard InChI is InChI=1S/C11H8BrClFN3/c1-6-5-9(17-11(13)15-6)16-10-7(12)3-2-4-8(10)14/h2-5H,1H3,(H,15,16,17). The molecule has 0 aliphatic carbocycles. The van der Waals surface area contributed by atoms with Crippen molar-refractivity contribution < 1.29 is 4.39 Å². The summed E-state index contributed by atoms with van der Waals surface area (Å²) in [4.78, 5) is 7.90. The Balaban J connectivity index is 2.38. The van der Waals surface area contributed by atoms with Crippen LogP contribution in [-0.2, 0) is 0 Å². The molecule has 2 aromatic rings. The average molecular weight is 317 g/mol. The molecule has 0 radical (unpaired) electrons. The highest BCUT2D eigenvalue weighted by Crippen LogP contribution is 2.28. The first-order valence-electron chi connectivity index (χ1n) is 4.78. The summed E-state index contributed by atoms with van der Waals surface area (Å²) >= 11 is 8.99. The molecule has 1 heterocycles. The molecular weight excluding hydrogens is 308 g/mol. The Kier molecular flexibility index (Phi) is 3.59. The number of hydrogen-bond acceptors (Lipinski definition) is 3. The number of para-hydroxylation sites is 1. The predicted octanol–water partition coefficient (Wildman–Crippen LogP) is 4.08. The second-order valence-corrected chi connectivity index (χ2v) is 4.58. The van der Waals surface area contributed by atoms with Gasteiger partial charge < -0.3 is 5.32 Å². The summed E-state index contributed by atoms with van der Waals surface area (Å²) in [6.45, 7) is 1.79. The SMILES string of the molecule is Cc1cc(Nc2c(F)cccc2Br)nc(Cl)n1. The molecule has 0 saturated carbocycles. The summed E-state index contributed by atoms with van der Waals surface area (Å²) in [7, 11) is 0. The van der Waals surface area contributed by atoms with Gasteiger partial charge in [0, 0.05) is 16.2 Å². The number of aryl methyl sites for hydroxylation is 1. The summed E-state index contributed by atoms with van der Waals surface area (Å²) in [5.41, 5.74) is 1.03. The van der Waals surface area contributed by atoms with Gasteiger partial charge in [-0.05, 0) is 46.6 Å². The molecule has 17 heavy (non-hydrogen) atoms. The highest BCUT2D eigenvalue weighted by Gasteiger charge is 2.08. The van der Waals surface area contributed by atoms with Gasteiger partial charge in [-0.1, -0.05) is 6.07 Å². The molecule has 0 unspecified atom stereocenters. The van der Waals surface area contributed by atoms with Gasteiger partial charge in [0.15, 0.2) is 0 Å². The van der Waals surface area contributed by atoms with Crippen LogP contribution < -0.4 is 5.32 Å². The smallest absolute Gasteiger partial charge is 0.224 e. The second-order valence-electron chi connectivity index (χ2n) is 3.39. The quantitative estimate of drug-likeness (QED) is 0.848. The van der Waals surface area contributed by atoms with Gasteiger partial charge in [0.05, 0.1) is 5.69 Å². The largest absolute Gasteiger partial charge is 0.337 e. The Morgan fingerprint density at radius 3 is 2.76 bits per heavy atom. The zero-order chi connectivity index (χ0) is 12.4. The van der Waals surface area contributed by atoms with Crippen molar-refractivity contribution in [3.8, 4) is 0 Å². The number of nitrogens with zero attached hydrogens (tertiary/aromatic N) is 2. The van der Waals surface area contributed by atoms with E-state index in [4.69, 9.17) is 11.6 Å². The van der Waals surface area contributed by atoms with Crippen LogP contribution >= 0.6 is 27.5 Å². The first-order chi connectivity index (χ1) is 8.06. The fourth-order valence-corrected chi connectivity index (χ4v) is 2.01. The van der Waals surface area contributed by atoms with Crippen LogP contribution in [0.4, 0.5) is 15.9 Å². The van der Waals surface area contributed by atoms with Crippen LogP contribution in [0.2, 0.25) is 5.28 Å². The lowest BCUT2D eigenvalue weighted by molar-refractivity contribution is 0.631. The maximum atomic E-state index is 13.6. The number of anilines is 2. The van der Waals surface area contributed by atoms with Crippen LogP contribution in [0, 0.1) is 12.7 Å². The van der Waals surface area contributed by atoms with Crippen LogP contribution in [0.1, 0.15) is 5.69 Å². The number of halogens is 3. The maximum absolute atomic E-state index is 13.6. The van der Waals surface area contributed by atoms with E-state index in [1.807, 2.05) is 0 Å². The molecule has 1 N–H and O–H groups in total. The Hall–Kier alpha value is -1.20. The third kappa shape index (κ3) is 2.92. The molecule has 2 rings (SSSR count). The van der Waals surface area contributed by atoms with E-state index in [1.54, 1.807) is 25.1 Å². The zero-order valence-electron chi connectivity index (χ0n) is 8.84. The molecule has 0 aliphatic rings. The highest BCUT2D eigenvalue weighted by atomic mass is 79.9. The minimum atomic E-state index is -0.369. The van der Waals surface area contributed by atoms with E-state index in [9.17, 15) is 4.39 Å². The summed E-state index contributed by atoms with van der Waals surface area (Å²) in [5, 5.41) is 2.99. The molecule has 0 aliphatic heterocycles. The number of nitrogens with one attached hydrogen (secondary N) is 1. The Labute approximate surface area is 111 Å². The second kappa shape index (κ2) is 4.98. The Bertz CT molecular complexity index is 522. The fraction of sp³-hybridized carbons (Fsp3) is 0.0909. The minimum absolute atomic E-state index is 0.125. The minimum Gasteiger partial charge on any atom is -0.337 e. The monoisotopic (exact) mass is 315 g/mol. The van der Waals surface area contributed by atoms with Crippen LogP contribution in [0.15, 0.2) is 28.7 Å². The third-order valence-corrected chi connectivity index (χ3v) is 2.87. The Morgan fingerprint density at radius 2 is 2.12 bits per heavy atom. The maximum Gasteiger partial charge on any atom is 0.224 e. The first kappa shape index (κ1) is 12.3. The van der Waals surface area contributed by atoms with Gasteiger partial charge in [0.1, 0.15) is 11.6 Å². The summed E-state index contributed by atoms with van der Waals surface area (Å²) < 4.78 is 14.2. The molecule has 1 aromatic carbocycles. The van der Waals surface area contributed by atoms with Crippen molar-refractivity contribution in [1.82, 2.24) is 9.97 Å². The van der Waals surface area contributed by atoms with E-state index in [-0.39, 0.29) is 11.1 Å². The molecule has 1 aromatic heterocycles. The molecule has 0 amide bonds. The van der Waals surface area contributed by atoms with Gasteiger partial charge in [-0.25, -0.2) is 14.4 Å². The van der Waals surface area contributed by atoms with Crippen LogP contribution in [-0.4, -0.2) is 9.97 Å². The number of benzene rings is 1. The lowest BCUT2D eigenvalue weighted by Gasteiger charge is -2.09. The topological polar surface area (TPSA) is 37.8 Å². The summed E-state index contributed by atoms with van der Waals surface area (Å²) in [6.07, 6.45) is 0. The third-order valence-electron chi connectivity index (χ3n) is 2.04. The normalized spacial score (nSPS) is 10.4. The molecule has 0 spiro atoms. The number of rotatable bonds is 2. The van der Waals surface area contributed by atoms with Crippen molar-refractivity contribution in [3.63, 3.8) is 0 Å². The first-order valence-corrected chi connectivity index (χ1v) is 5.95. The number of hydrogen-bond donors (Lipinski definition) is 1. The van der Waals surface area contributed by atoms with E-state index in [0.717, 1.165) is 0 Å². The van der Waals surface area contributed by atoms with Crippen molar-refractivity contribution >= 4 is 39.0 Å². The molecule has 88 valence electrons. The average Bonchev–Trinajstić information content (AvgIpc) is 2.22. The molecule has 0 bridgehead atoms. The van der Waals surface area contributed by atoms with Gasteiger partial charge in [0.25, 0.3) is 0 Å². The van der Waals surface area contributed by atoms with E-state index in [2.05, 4.69) is 31.2 Å². The van der Waals surface area contributed by atoms with E-state index < -0.39 is 0 Å². The predicted molar refractivity (Wildman–Crippen MR) is 69.2 cm³/mol. The van der Waals surface area contributed by atoms with Gasteiger partial charge in [-0.15, -0.1) is 0 Å². The molecule has 3 nitrogen and oxygen atoms in total. The van der Waals surface area contributed by atoms with E-state index >= 15 is 0 Å². The van der Waals surface area contributed by atoms with Crippen molar-refractivity contribution in [1.29, 1.82) is 0 Å². The fourth-order valence-electron chi connectivity index (χ4n) is 1.34. The Morgan fingerprint density at radius 1 is 1.35 bits per heavy atom. The van der Waals surface area contributed by atoms with E-state index in [1.165, 1.54) is 6.07 Å². The summed E-state index contributed by atoms with van der Waals surface area (Å²) in [5.74, 6) is 0.0834. The number of aromatic nitrogens is 2. The lowest BCUT2D eigenvalue weighted by atomic mass is 10.3. The van der Waals surface area contributed by atoms with Gasteiger partial charge in [-0.2, -0.15) is 0 Å². The van der Waals surface area contributed by atoms with Crippen molar-refractivity contribution in [3.05, 3.63) is 45.5 Å². The van der Waals surface area contributed by atoms with Crippen molar-refractivity contribution in [2.75, 3.05) is 5.32 Å². The van der Waals surface area contributed by atoms with Crippen LogP contribution in [0.5, 0.6) is 0 Å². The summed E-state index contributed by atoms with van der Waals surface area (Å²) in [6, 6.07) is 6.40. The molecule has 0 atom stereocenters. The van der Waals surface area contributed by atoms with Gasteiger partial charge in [0.2, 0.25) is 5.28 Å². The zero-order valence-corrected chi connectivity index (χ0v) is 11.2. The molecular formula is C11H8BrClFN3. The van der Waals surface area contributed by atoms with Crippen molar-refractivity contribution in [2.45, 2.75) is 6.92 Å². The van der Waals surface area contributed by atoms with Crippen LogP contribution in [0.25, 0.3) is 0 Å². The van der Waals surface area contributed by atoms with E-state index in [0.29, 0.717) is 21.7 Å². The highest BCUT2D eigenvalue weighted by molar-refractivity contribution is 9.10. The van der Waals surface area contributed by atoms with Gasteiger partial charge in [-0.3, -0.25) is 0 Å². The van der Waals surface area contributed by atoms with Crippen molar-refractivity contribution in [2.24, 2.45) is 0 Å². The van der Waals surface area contributed by atoms with Crippen LogP contribution in [0.3, 0.4) is 0 Å². The lowest BCUT2D eigenvalue weighted by Crippen LogP contribution is -1.99.